The van der Waals surface area contributed by atoms with Gasteiger partial charge in [0.25, 0.3) is 0 Å². The number of hydrogen-bond donors (Lipinski definition) is 0. The number of fused-ring (bicyclic) bond motifs is 15. The van der Waals surface area contributed by atoms with Crippen LogP contribution in [-0.4, -0.2) is 85.7 Å². The molecule has 0 aliphatic carbocycles. The molecule has 0 N–H and O–H groups in total. The molecule has 0 saturated carbocycles. The summed E-state index contributed by atoms with van der Waals surface area (Å²) < 4.78 is 71.8. The molecule has 21 rings (SSSR count). The van der Waals surface area contributed by atoms with E-state index in [1.807, 2.05) is 151 Å². The predicted molar refractivity (Wildman–Crippen MR) is 472 cm³/mol. The average Bonchev–Trinajstić information content (AvgIpc) is 1.59. The van der Waals surface area contributed by atoms with Crippen molar-refractivity contribution in [3.05, 3.63) is 282 Å². The van der Waals surface area contributed by atoms with Gasteiger partial charge in [0.15, 0.2) is 27.9 Å². The van der Waals surface area contributed by atoms with E-state index < -0.39 is 14.0 Å². The molecule has 5 aliphatic rings. The Labute approximate surface area is 669 Å². The highest BCUT2D eigenvalue weighted by molar-refractivity contribution is 6.14. The molecule has 5 aliphatic heterocycles. The van der Waals surface area contributed by atoms with Crippen molar-refractivity contribution in [1.29, 1.82) is 0 Å². The van der Waals surface area contributed by atoms with Crippen molar-refractivity contribution in [3.63, 3.8) is 0 Å². The summed E-state index contributed by atoms with van der Waals surface area (Å²) >= 11 is 0. The lowest BCUT2D eigenvalue weighted by Crippen LogP contribution is -2.36. The molecule has 0 spiro atoms. The van der Waals surface area contributed by atoms with Gasteiger partial charge in [0, 0.05) is 135 Å². The van der Waals surface area contributed by atoms with Crippen LogP contribution < -0.4 is 39.2 Å². The first-order valence-electron chi connectivity index (χ1n) is 41.8. The molecule has 0 amide bonds. The van der Waals surface area contributed by atoms with Gasteiger partial charge in [0.2, 0.25) is 0 Å². The number of furan rings is 4. The van der Waals surface area contributed by atoms with Crippen molar-refractivity contribution in [2.45, 2.75) is 121 Å². The van der Waals surface area contributed by atoms with Crippen LogP contribution in [0.25, 0.3) is 87.9 Å². The molecule has 11 heterocycles. The first-order chi connectivity index (χ1) is 57.0. The van der Waals surface area contributed by atoms with Gasteiger partial charge >= 0.3 is 0 Å². The first-order valence-corrected chi connectivity index (χ1v) is 38.8. The number of pyridine rings is 2. The molecular formula is C97H98N12O4. The summed E-state index contributed by atoms with van der Waals surface area (Å²) in [4.78, 5) is 30.0. The van der Waals surface area contributed by atoms with Crippen molar-refractivity contribution >= 4 is 150 Å². The Bertz CT molecular complexity index is 6620. The average molecular weight is 1500 g/mol. The van der Waals surface area contributed by atoms with Crippen molar-refractivity contribution in [2.24, 2.45) is 0 Å². The lowest BCUT2D eigenvalue weighted by Gasteiger charge is -2.29. The molecule has 6 aromatic heterocycles. The Kier molecular flexibility index (Phi) is 16.8. The Morgan fingerprint density at radius 1 is 0.310 bits per heavy atom. The van der Waals surface area contributed by atoms with E-state index in [0.29, 0.717) is 11.9 Å². The highest BCUT2D eigenvalue weighted by Crippen LogP contribution is 2.52. The Hall–Kier alpha value is -12.8. The number of aromatic nitrogens is 2. The molecule has 0 radical (unpaired) electrons. The Morgan fingerprint density at radius 3 is 1.28 bits per heavy atom. The number of nitrogens with zero attached hydrogens (tertiary/aromatic N) is 12. The summed E-state index contributed by atoms with van der Waals surface area (Å²) in [5.74, 6) is 0. The minimum atomic E-state index is -2.24. The molecule has 570 valence electrons. The van der Waals surface area contributed by atoms with Gasteiger partial charge in [-0.25, -0.2) is 4.98 Å². The van der Waals surface area contributed by atoms with Crippen LogP contribution in [-0.2, 0) is 0 Å². The van der Waals surface area contributed by atoms with E-state index in [4.69, 9.17) is 30.9 Å². The number of hydrogen-bond acceptors (Lipinski definition) is 16. The zero-order chi connectivity index (χ0) is 83.7. The van der Waals surface area contributed by atoms with E-state index in [-0.39, 0.29) is 24.7 Å². The zero-order valence-corrected chi connectivity index (χ0v) is 66.9. The predicted octanol–water partition coefficient (Wildman–Crippen LogP) is 24.2. The smallest absolute Gasteiger partial charge is 0.161 e. The molecule has 10 aromatic carbocycles. The number of aryl methyl sites for hydroxylation is 8. The second-order valence-corrected chi connectivity index (χ2v) is 30.6. The third-order valence-corrected chi connectivity index (χ3v) is 23.4. The maximum atomic E-state index is 8.08. The van der Waals surface area contributed by atoms with Gasteiger partial charge in [0.1, 0.15) is 53.1 Å². The van der Waals surface area contributed by atoms with Gasteiger partial charge in [-0.1, -0.05) is 127 Å². The second-order valence-electron chi connectivity index (χ2n) is 30.6. The molecule has 113 heavy (non-hydrogen) atoms. The fourth-order valence-electron chi connectivity index (χ4n) is 16.9. The van der Waals surface area contributed by atoms with Gasteiger partial charge < -0.3 is 66.7 Å². The number of rotatable bonds is 5. The number of para-hydroxylation sites is 8. The van der Waals surface area contributed by atoms with E-state index in [2.05, 4.69) is 236 Å². The van der Waals surface area contributed by atoms with E-state index >= 15 is 0 Å². The van der Waals surface area contributed by atoms with Crippen LogP contribution in [0.15, 0.2) is 255 Å². The molecule has 0 fully saturated rings. The van der Waals surface area contributed by atoms with Crippen molar-refractivity contribution in [3.8, 4) is 0 Å². The summed E-state index contributed by atoms with van der Waals surface area (Å²) in [5, 5.41) is 7.73. The van der Waals surface area contributed by atoms with Gasteiger partial charge in [0.05, 0.1) is 56.9 Å². The molecule has 5 atom stereocenters. The van der Waals surface area contributed by atoms with Crippen molar-refractivity contribution in [1.82, 2.24) is 19.8 Å². The monoisotopic (exact) mass is 1500 g/mol. The van der Waals surface area contributed by atoms with Crippen molar-refractivity contribution < 1.29 is 25.9 Å². The summed E-state index contributed by atoms with van der Waals surface area (Å²) in [5.41, 5.74) is 28.9. The minimum absolute atomic E-state index is 0.191. The van der Waals surface area contributed by atoms with Gasteiger partial charge in [-0.15, -0.1) is 0 Å². The van der Waals surface area contributed by atoms with Crippen LogP contribution in [0.2, 0.25) is 0 Å². The number of benzene rings is 10. The van der Waals surface area contributed by atoms with Crippen LogP contribution in [0.4, 0.5) is 62.6 Å². The molecule has 16 aromatic rings. The highest BCUT2D eigenvalue weighted by Gasteiger charge is 2.38. The topological polar surface area (TPSA) is 111 Å². The van der Waals surface area contributed by atoms with E-state index in [9.17, 15) is 0 Å². The minimum Gasteiger partial charge on any atom is -0.454 e. The fourth-order valence-corrected chi connectivity index (χ4v) is 16.9. The highest BCUT2D eigenvalue weighted by atomic mass is 16.3. The Morgan fingerprint density at radius 2 is 0.735 bits per heavy atom. The van der Waals surface area contributed by atoms with Crippen LogP contribution >= 0.6 is 0 Å². The maximum absolute atomic E-state index is 8.08. The molecule has 0 bridgehead atoms. The molecular weight excluding hydrogens is 1400 g/mol. The lowest BCUT2D eigenvalue weighted by atomic mass is 10.1. The largest absolute Gasteiger partial charge is 0.454 e. The summed E-state index contributed by atoms with van der Waals surface area (Å²) in [7, 11) is 6.38. The SMILES string of the molecule is Cc1cc2oc3c(N4c5ccccc5N(C)[C@@H]4C)c(C)ccc3c2cn1.Cc1ccc2c(oc3ccccc32)c1N1C=CN(C)[C@@H]1C.Cc1ccc2oc3c(N4c5ccccc5N(C)[C@@H]4C)c(C)ccc3c2n1.[2H]C([2H])([2H])N1C=CN(c2ccccc2C)[C@H]1C.[2H]C([2H])([2H])N1c2ccccc2N(c2c(C)ccc3c2oc2cc(C)ccc23)[C@H]1C. The zero-order valence-electron chi connectivity index (χ0n) is 72.9. The molecule has 16 nitrogen and oxygen atoms in total. The third-order valence-electron chi connectivity index (χ3n) is 23.4. The standard InChI is InChI=1S/C23H22N2O.2C22H21N3O.C18H18N2O.C12H16N2/c1-14-9-11-17-18-12-10-15(2)22(23(18)26-21(17)13-14)25-16(3)24(4)19-7-5-6-8-20(19)25;1-13-9-11-16-20-19(12-10-14(2)23-20)26-22(16)21(13)25-15(3)24(4)17-7-5-6-8-18(17)25;1-13-9-10-16-17-12-23-14(2)11-20(17)26-22(16)21(13)25-15(3)24(4)18-7-5-6-8-19(18)25;1-12-8-9-15-14-6-4-5-7-16(14)21-18(15)17(12)20-11-10-19(3)13(20)2;1-10-6-4-5-7-12(10)14-9-8-13(3)11(14)2/h5-13,16H,1-4H3;2*5-12,15H,1-4H3;4-11,13H,1-3H3;4-9,11H,1-3H3/t16-;2*15-;13-;11-/m00000/s1/i4D3;;;;3D3. The quantitative estimate of drug-likeness (QED) is 0.163. The van der Waals surface area contributed by atoms with Crippen molar-refractivity contribution in [2.75, 3.05) is 74.3 Å². The Balaban J connectivity index is 0.000000107. The lowest BCUT2D eigenvalue weighted by molar-refractivity contribution is 0.383. The second kappa shape index (κ2) is 28.8. The first kappa shape index (κ1) is 66.0. The van der Waals surface area contributed by atoms with E-state index in [1.54, 1.807) is 6.20 Å². The summed E-state index contributed by atoms with van der Waals surface area (Å²) in [6, 6.07) is 70.3. The van der Waals surface area contributed by atoms with E-state index in [0.717, 1.165) is 139 Å². The van der Waals surface area contributed by atoms with Crippen LogP contribution in [0.3, 0.4) is 0 Å². The van der Waals surface area contributed by atoms with Crippen LogP contribution in [0, 0.1) is 55.4 Å². The van der Waals surface area contributed by atoms with E-state index in [1.165, 1.54) is 60.0 Å². The molecule has 0 saturated heterocycles. The summed E-state index contributed by atoms with van der Waals surface area (Å²) in [6.07, 6.45) is 9.74. The number of anilines is 11. The normalized spacial score (nSPS) is 18.5. The fraction of sp³-hybridized carbons (Fsp3) is 0.237. The molecule has 0 unspecified atom stereocenters. The summed E-state index contributed by atoms with van der Waals surface area (Å²) in [6.45, 7) is 22.7. The van der Waals surface area contributed by atoms with Crippen LogP contribution in [0.1, 0.15) is 87.6 Å². The van der Waals surface area contributed by atoms with Crippen LogP contribution in [0.5, 0.6) is 0 Å². The van der Waals surface area contributed by atoms with Gasteiger partial charge in [-0.2, -0.15) is 0 Å². The maximum Gasteiger partial charge on any atom is 0.161 e. The van der Waals surface area contributed by atoms with Gasteiger partial charge in [-0.3, -0.25) is 4.98 Å². The van der Waals surface area contributed by atoms with Gasteiger partial charge in [-0.05, 0) is 196 Å². The third kappa shape index (κ3) is 12.4. The molecule has 16 heteroatoms.